The number of anilines is 1. The Morgan fingerprint density at radius 2 is 2.09 bits per heavy atom. The van der Waals surface area contributed by atoms with Crippen LogP contribution in [0.2, 0.25) is 5.02 Å². The third-order valence-corrected chi connectivity index (χ3v) is 6.18. The Morgan fingerprint density at radius 3 is 2.91 bits per heavy atom. The van der Waals surface area contributed by atoms with Crippen LogP contribution in [0.4, 0.5) is 5.69 Å². The lowest BCUT2D eigenvalue weighted by Gasteiger charge is -2.30. The monoisotopic (exact) mass is 353 g/mol. The van der Waals surface area contributed by atoms with Crippen molar-refractivity contribution < 1.29 is 13.2 Å². The number of para-hydroxylation sites is 1. The Bertz CT molecular complexity index is 839. The molecule has 122 valence electrons. The highest BCUT2D eigenvalue weighted by atomic mass is 35.5. The summed E-state index contributed by atoms with van der Waals surface area (Å²) < 4.78 is 34.9. The quantitative estimate of drug-likeness (QED) is 0.832. The number of benzene rings is 1. The van der Waals surface area contributed by atoms with Gasteiger partial charge in [-0.05, 0) is 25.0 Å². The fraction of sp³-hybridized carbons (Fsp3) is 0.400. The number of ether oxygens (including phenoxy) is 1. The van der Waals surface area contributed by atoms with E-state index in [0.717, 1.165) is 31.6 Å². The predicted octanol–water partition coefficient (Wildman–Crippen LogP) is 2.46. The van der Waals surface area contributed by atoms with Crippen LogP contribution in [0.3, 0.4) is 0 Å². The van der Waals surface area contributed by atoms with E-state index in [0.29, 0.717) is 16.5 Å². The summed E-state index contributed by atoms with van der Waals surface area (Å²) in [5, 5.41) is 0.508. The molecule has 0 unspecified atom stereocenters. The fourth-order valence-electron chi connectivity index (χ4n) is 3.06. The van der Waals surface area contributed by atoms with Crippen LogP contribution in [0.25, 0.3) is 0 Å². The maximum absolute atomic E-state index is 13.0. The van der Waals surface area contributed by atoms with Crippen LogP contribution in [-0.2, 0) is 23.0 Å². The average Bonchev–Trinajstić information content (AvgIpc) is 3.00. The lowest BCUT2D eigenvalue weighted by molar-refractivity contribution is 0.316. The Morgan fingerprint density at radius 1 is 1.22 bits per heavy atom. The molecular weight excluding hydrogens is 338 g/mol. The summed E-state index contributed by atoms with van der Waals surface area (Å²) >= 11 is 6.12. The van der Waals surface area contributed by atoms with E-state index in [-0.39, 0.29) is 18.2 Å². The van der Waals surface area contributed by atoms with E-state index in [1.165, 1.54) is 4.31 Å². The number of halogens is 1. The van der Waals surface area contributed by atoms with Gasteiger partial charge in [-0.1, -0.05) is 17.7 Å². The van der Waals surface area contributed by atoms with E-state index >= 15 is 0 Å². The Labute approximate surface area is 139 Å². The summed E-state index contributed by atoms with van der Waals surface area (Å²) in [5.74, 6) is 1.25. The summed E-state index contributed by atoms with van der Waals surface area (Å²) in [7, 11) is -3.72. The topological polar surface area (TPSA) is 64.4 Å². The van der Waals surface area contributed by atoms with E-state index in [4.69, 9.17) is 16.3 Å². The molecule has 3 heterocycles. The first kappa shape index (κ1) is 14.8. The minimum Gasteiger partial charge on any atom is -0.488 e. The smallest absolute Gasteiger partial charge is 0.283 e. The summed E-state index contributed by atoms with van der Waals surface area (Å²) in [6, 6.07) is 5.11. The maximum Gasteiger partial charge on any atom is 0.283 e. The standard InChI is InChI=1S/C15H16ClN3O3S/c16-11-4-3-5-12-15(11)22-9-8-19(12)23(20,21)14-10-18-7-2-1-6-13(18)17-14/h3-5,10H,1-2,6-9H2. The van der Waals surface area contributed by atoms with Crippen LogP contribution in [0.5, 0.6) is 5.75 Å². The summed E-state index contributed by atoms with van der Waals surface area (Å²) in [5.41, 5.74) is 0.467. The number of fused-ring (bicyclic) bond motifs is 2. The molecule has 0 atom stereocenters. The van der Waals surface area contributed by atoms with Crippen molar-refractivity contribution in [3.8, 4) is 5.75 Å². The SMILES string of the molecule is O=S(=O)(c1cn2c(n1)CCCC2)N1CCOc2c(Cl)cccc21. The molecule has 0 amide bonds. The van der Waals surface area contributed by atoms with Gasteiger partial charge in [0.25, 0.3) is 10.0 Å². The molecule has 2 aliphatic rings. The molecule has 2 aliphatic heterocycles. The lowest BCUT2D eigenvalue weighted by atomic mass is 10.2. The molecule has 2 aromatic rings. The molecule has 0 N–H and O–H groups in total. The Kier molecular flexibility index (Phi) is 3.50. The van der Waals surface area contributed by atoms with Crippen molar-refractivity contribution in [1.29, 1.82) is 0 Å². The number of nitrogens with zero attached hydrogens (tertiary/aromatic N) is 3. The van der Waals surface area contributed by atoms with E-state index in [2.05, 4.69) is 4.98 Å². The van der Waals surface area contributed by atoms with Crippen molar-refractivity contribution in [2.45, 2.75) is 30.8 Å². The van der Waals surface area contributed by atoms with Gasteiger partial charge < -0.3 is 9.30 Å². The molecule has 0 aliphatic carbocycles. The third kappa shape index (κ3) is 2.38. The highest BCUT2D eigenvalue weighted by molar-refractivity contribution is 7.92. The second kappa shape index (κ2) is 5.42. The lowest BCUT2D eigenvalue weighted by Crippen LogP contribution is -2.38. The van der Waals surface area contributed by atoms with Crippen molar-refractivity contribution in [3.05, 3.63) is 35.2 Å². The van der Waals surface area contributed by atoms with Crippen molar-refractivity contribution in [2.24, 2.45) is 0 Å². The van der Waals surface area contributed by atoms with Crippen LogP contribution in [0.15, 0.2) is 29.4 Å². The maximum atomic E-state index is 13.0. The molecule has 4 rings (SSSR count). The minimum atomic E-state index is -3.72. The zero-order chi connectivity index (χ0) is 16.0. The molecule has 0 spiro atoms. The molecule has 6 nitrogen and oxygen atoms in total. The number of aryl methyl sites for hydroxylation is 2. The van der Waals surface area contributed by atoms with Crippen LogP contribution >= 0.6 is 11.6 Å². The number of hydrogen-bond acceptors (Lipinski definition) is 4. The molecule has 8 heteroatoms. The predicted molar refractivity (Wildman–Crippen MR) is 86.6 cm³/mol. The molecule has 0 saturated heterocycles. The van der Waals surface area contributed by atoms with Gasteiger partial charge in [0.05, 0.1) is 17.3 Å². The average molecular weight is 354 g/mol. The fourth-order valence-corrected chi connectivity index (χ4v) is 4.71. The first-order chi connectivity index (χ1) is 11.1. The van der Waals surface area contributed by atoms with E-state index in [1.54, 1.807) is 24.4 Å². The second-order valence-electron chi connectivity index (χ2n) is 5.66. The van der Waals surface area contributed by atoms with Crippen molar-refractivity contribution >= 4 is 27.3 Å². The molecule has 0 fully saturated rings. The highest BCUT2D eigenvalue weighted by Gasteiger charge is 2.33. The van der Waals surface area contributed by atoms with Gasteiger partial charge in [-0.3, -0.25) is 4.31 Å². The van der Waals surface area contributed by atoms with Gasteiger partial charge in [-0.2, -0.15) is 8.42 Å². The number of imidazole rings is 1. The van der Waals surface area contributed by atoms with Crippen LogP contribution in [0.1, 0.15) is 18.7 Å². The van der Waals surface area contributed by atoms with Gasteiger partial charge in [-0.15, -0.1) is 0 Å². The Hall–Kier alpha value is -1.73. The van der Waals surface area contributed by atoms with Crippen molar-refractivity contribution in [3.63, 3.8) is 0 Å². The number of sulfonamides is 1. The van der Waals surface area contributed by atoms with Crippen molar-refractivity contribution in [2.75, 3.05) is 17.5 Å². The van der Waals surface area contributed by atoms with Crippen LogP contribution in [-0.4, -0.2) is 31.1 Å². The minimum absolute atomic E-state index is 0.0993. The van der Waals surface area contributed by atoms with Crippen molar-refractivity contribution in [1.82, 2.24) is 9.55 Å². The second-order valence-corrected chi connectivity index (χ2v) is 7.88. The molecular formula is C15H16ClN3O3S. The highest BCUT2D eigenvalue weighted by Crippen LogP contribution is 2.40. The summed E-state index contributed by atoms with van der Waals surface area (Å²) in [6.07, 6.45) is 4.57. The summed E-state index contributed by atoms with van der Waals surface area (Å²) in [4.78, 5) is 4.35. The Balaban J connectivity index is 1.78. The zero-order valence-corrected chi connectivity index (χ0v) is 14.0. The number of hydrogen-bond donors (Lipinski definition) is 0. The molecule has 1 aromatic carbocycles. The normalized spacial score (nSPS) is 17.3. The number of aromatic nitrogens is 2. The van der Waals surface area contributed by atoms with Crippen LogP contribution < -0.4 is 9.04 Å². The molecule has 0 bridgehead atoms. The van der Waals surface area contributed by atoms with E-state index in [9.17, 15) is 8.42 Å². The van der Waals surface area contributed by atoms with Gasteiger partial charge in [0, 0.05) is 19.2 Å². The molecule has 23 heavy (non-hydrogen) atoms. The van der Waals surface area contributed by atoms with E-state index in [1.807, 2.05) is 4.57 Å². The van der Waals surface area contributed by atoms with Gasteiger partial charge in [0.1, 0.15) is 12.4 Å². The van der Waals surface area contributed by atoms with Gasteiger partial charge in [-0.25, -0.2) is 4.98 Å². The van der Waals surface area contributed by atoms with Crippen LogP contribution in [0, 0.1) is 0 Å². The van der Waals surface area contributed by atoms with E-state index < -0.39 is 10.0 Å². The molecule has 0 radical (unpaired) electrons. The molecule has 1 aromatic heterocycles. The molecule has 0 saturated carbocycles. The van der Waals surface area contributed by atoms with Gasteiger partial charge in [0.15, 0.2) is 10.8 Å². The third-order valence-electron chi connectivity index (χ3n) is 4.20. The first-order valence-electron chi connectivity index (χ1n) is 7.57. The zero-order valence-electron chi connectivity index (χ0n) is 12.4. The largest absolute Gasteiger partial charge is 0.488 e. The first-order valence-corrected chi connectivity index (χ1v) is 9.39. The van der Waals surface area contributed by atoms with Gasteiger partial charge >= 0.3 is 0 Å². The summed E-state index contributed by atoms with van der Waals surface area (Å²) in [6.45, 7) is 1.34. The van der Waals surface area contributed by atoms with Gasteiger partial charge in [0.2, 0.25) is 0 Å². The number of rotatable bonds is 2.